The number of ketones is 2. The van der Waals surface area contributed by atoms with Gasteiger partial charge in [-0.05, 0) is 86.0 Å². The molecule has 3 heteroatoms. The van der Waals surface area contributed by atoms with Crippen LogP contribution in [0.4, 0.5) is 0 Å². The summed E-state index contributed by atoms with van der Waals surface area (Å²) in [7, 11) is 0. The average Bonchev–Trinajstić information content (AvgIpc) is 2.94. The van der Waals surface area contributed by atoms with Crippen LogP contribution in [-0.2, 0) is 22.4 Å². The number of fused-ring (bicyclic) bond motifs is 5. The van der Waals surface area contributed by atoms with E-state index in [1.54, 1.807) is 6.92 Å². The van der Waals surface area contributed by atoms with Gasteiger partial charge in [0.2, 0.25) is 0 Å². The van der Waals surface area contributed by atoms with Gasteiger partial charge in [-0.2, -0.15) is 0 Å². The molecule has 3 aliphatic carbocycles. The number of carbonyl (C=O) groups excluding carboxylic acids is 2. The Kier molecular flexibility index (Phi) is 4.45. The molecule has 0 radical (unpaired) electrons. The van der Waals surface area contributed by atoms with Crippen molar-refractivity contribution >= 4 is 11.6 Å². The fourth-order valence-corrected chi connectivity index (χ4v) is 6.01. The van der Waals surface area contributed by atoms with Crippen LogP contribution >= 0.6 is 0 Å². The van der Waals surface area contributed by atoms with E-state index in [4.69, 9.17) is 4.74 Å². The van der Waals surface area contributed by atoms with Gasteiger partial charge in [0, 0.05) is 11.8 Å². The smallest absolute Gasteiger partial charge is 0.167 e. The zero-order valence-corrected chi connectivity index (χ0v) is 16.3. The van der Waals surface area contributed by atoms with E-state index in [1.807, 2.05) is 0 Å². The number of ether oxygens (including phenoxy) is 1. The standard InChI is InChI=1S/C23H30O3/c1-4-15-11-19-16(12-21(15)26-13-14(2)24)5-6-18-17(19)9-10-23(3)20(18)7-8-22(23)25/h11-12,17-18,20H,4-10,13H2,1-3H3/t17-,18+,20-,23-/m0/s1. The van der Waals surface area contributed by atoms with Gasteiger partial charge in [-0.15, -0.1) is 0 Å². The fourth-order valence-electron chi connectivity index (χ4n) is 6.01. The molecule has 3 nitrogen and oxygen atoms in total. The summed E-state index contributed by atoms with van der Waals surface area (Å²) in [6.45, 7) is 6.10. The van der Waals surface area contributed by atoms with Crippen molar-refractivity contribution < 1.29 is 14.3 Å². The van der Waals surface area contributed by atoms with Gasteiger partial charge in [0.15, 0.2) is 5.78 Å². The third kappa shape index (κ3) is 2.71. The van der Waals surface area contributed by atoms with Crippen molar-refractivity contribution in [2.24, 2.45) is 17.3 Å². The lowest BCUT2D eigenvalue weighted by molar-refractivity contribution is -0.129. The molecule has 4 rings (SSSR count). The maximum absolute atomic E-state index is 12.5. The van der Waals surface area contributed by atoms with Crippen molar-refractivity contribution in [3.63, 3.8) is 0 Å². The zero-order valence-electron chi connectivity index (χ0n) is 16.3. The van der Waals surface area contributed by atoms with Crippen molar-refractivity contribution in [1.29, 1.82) is 0 Å². The van der Waals surface area contributed by atoms with Crippen molar-refractivity contribution in [3.8, 4) is 5.75 Å². The molecule has 0 spiro atoms. The maximum Gasteiger partial charge on any atom is 0.167 e. The Morgan fingerprint density at radius 3 is 2.77 bits per heavy atom. The number of rotatable bonds is 4. The third-order valence-corrected chi connectivity index (χ3v) is 7.43. The lowest BCUT2D eigenvalue weighted by Crippen LogP contribution is -2.42. The van der Waals surface area contributed by atoms with Crippen molar-refractivity contribution in [1.82, 2.24) is 0 Å². The summed E-state index contributed by atoms with van der Waals surface area (Å²) < 4.78 is 5.80. The highest BCUT2D eigenvalue weighted by atomic mass is 16.5. The number of hydrogen-bond donors (Lipinski definition) is 0. The Labute approximate surface area is 156 Å². The van der Waals surface area contributed by atoms with E-state index in [2.05, 4.69) is 26.0 Å². The number of aryl methyl sites for hydroxylation is 2. The van der Waals surface area contributed by atoms with Crippen molar-refractivity contribution in [3.05, 3.63) is 28.8 Å². The van der Waals surface area contributed by atoms with Crippen LogP contribution in [0.1, 0.15) is 75.5 Å². The minimum absolute atomic E-state index is 0.0577. The van der Waals surface area contributed by atoms with Crippen LogP contribution in [-0.4, -0.2) is 18.2 Å². The Morgan fingerprint density at radius 1 is 1.23 bits per heavy atom. The van der Waals surface area contributed by atoms with E-state index in [0.717, 1.165) is 44.3 Å². The molecule has 26 heavy (non-hydrogen) atoms. The predicted octanol–water partition coefficient (Wildman–Crippen LogP) is 4.64. The van der Waals surface area contributed by atoms with Gasteiger partial charge in [-0.25, -0.2) is 0 Å². The molecule has 1 aromatic rings. The highest BCUT2D eigenvalue weighted by Crippen LogP contribution is 2.59. The number of hydrogen-bond acceptors (Lipinski definition) is 3. The van der Waals surface area contributed by atoms with Crippen LogP contribution in [0.25, 0.3) is 0 Å². The van der Waals surface area contributed by atoms with Crippen LogP contribution < -0.4 is 4.74 Å². The van der Waals surface area contributed by atoms with Gasteiger partial charge in [0.25, 0.3) is 0 Å². The minimum Gasteiger partial charge on any atom is -0.486 e. The molecule has 140 valence electrons. The van der Waals surface area contributed by atoms with Crippen molar-refractivity contribution in [2.75, 3.05) is 6.61 Å². The van der Waals surface area contributed by atoms with E-state index >= 15 is 0 Å². The molecule has 0 N–H and O–H groups in total. The number of benzene rings is 1. The quantitative estimate of drug-likeness (QED) is 0.791. The average molecular weight is 354 g/mol. The summed E-state index contributed by atoms with van der Waals surface area (Å²) in [4.78, 5) is 23.8. The monoisotopic (exact) mass is 354 g/mol. The van der Waals surface area contributed by atoms with Crippen LogP contribution in [0, 0.1) is 17.3 Å². The third-order valence-electron chi connectivity index (χ3n) is 7.43. The van der Waals surface area contributed by atoms with Crippen LogP contribution in [0.3, 0.4) is 0 Å². The largest absolute Gasteiger partial charge is 0.486 e. The lowest BCUT2D eigenvalue weighted by atomic mass is 9.55. The molecule has 1 aromatic carbocycles. The second kappa shape index (κ2) is 6.51. The summed E-state index contributed by atoms with van der Waals surface area (Å²) in [5, 5.41) is 0. The number of carbonyl (C=O) groups is 2. The summed E-state index contributed by atoms with van der Waals surface area (Å²) in [6.07, 6.45) is 7.22. The molecule has 2 fully saturated rings. The minimum atomic E-state index is -0.0587. The van der Waals surface area contributed by atoms with Crippen molar-refractivity contribution in [2.45, 2.75) is 71.6 Å². The summed E-state index contributed by atoms with van der Waals surface area (Å²) in [6, 6.07) is 4.54. The molecule has 3 aliphatic rings. The Morgan fingerprint density at radius 2 is 2.04 bits per heavy atom. The molecular weight excluding hydrogens is 324 g/mol. The Balaban J connectivity index is 1.66. The molecule has 0 bridgehead atoms. The van der Waals surface area contributed by atoms with E-state index in [-0.39, 0.29) is 17.8 Å². The Hall–Kier alpha value is -1.64. The summed E-state index contributed by atoms with van der Waals surface area (Å²) in [5.41, 5.74) is 4.04. The lowest BCUT2D eigenvalue weighted by Gasteiger charge is -2.48. The molecule has 4 atom stereocenters. The topological polar surface area (TPSA) is 43.4 Å². The molecule has 0 amide bonds. The van der Waals surface area contributed by atoms with Gasteiger partial charge in [-0.1, -0.05) is 19.9 Å². The predicted molar refractivity (Wildman–Crippen MR) is 102 cm³/mol. The first kappa shape index (κ1) is 17.8. The van der Waals surface area contributed by atoms with E-state index < -0.39 is 0 Å². The molecular formula is C23H30O3. The molecule has 0 saturated heterocycles. The van der Waals surface area contributed by atoms with Crippen LogP contribution in [0.2, 0.25) is 0 Å². The van der Waals surface area contributed by atoms with Gasteiger partial charge in [0.1, 0.15) is 18.1 Å². The van der Waals surface area contributed by atoms with E-state index in [9.17, 15) is 9.59 Å². The molecule has 0 aliphatic heterocycles. The second-order valence-corrected chi connectivity index (χ2v) is 8.84. The molecule has 0 aromatic heterocycles. The first-order valence-corrected chi connectivity index (χ1v) is 10.2. The SMILES string of the molecule is CCc1cc2c(cc1OCC(C)=O)CC[C@@H]1[C@@H]2CC[C@]2(C)C(=O)CC[C@@H]12. The zero-order chi connectivity index (χ0) is 18.5. The normalized spacial score (nSPS) is 32.6. The highest BCUT2D eigenvalue weighted by Gasteiger charge is 2.54. The summed E-state index contributed by atoms with van der Waals surface area (Å²) >= 11 is 0. The molecule has 2 saturated carbocycles. The highest BCUT2D eigenvalue weighted by molar-refractivity contribution is 5.87. The number of Topliss-reactive ketones (excluding diaryl/α,β-unsaturated/α-hetero) is 2. The molecule has 0 heterocycles. The van der Waals surface area contributed by atoms with Crippen LogP contribution in [0.5, 0.6) is 5.75 Å². The van der Waals surface area contributed by atoms with Crippen LogP contribution in [0.15, 0.2) is 12.1 Å². The first-order valence-electron chi connectivity index (χ1n) is 10.2. The van der Waals surface area contributed by atoms with Gasteiger partial charge >= 0.3 is 0 Å². The van der Waals surface area contributed by atoms with Gasteiger partial charge < -0.3 is 4.74 Å². The van der Waals surface area contributed by atoms with Gasteiger partial charge in [0.05, 0.1) is 0 Å². The second-order valence-electron chi connectivity index (χ2n) is 8.84. The fraction of sp³-hybridized carbons (Fsp3) is 0.652. The van der Waals surface area contributed by atoms with Gasteiger partial charge in [-0.3, -0.25) is 9.59 Å². The Bertz CT molecular complexity index is 750. The van der Waals surface area contributed by atoms with E-state index in [1.165, 1.54) is 23.1 Å². The van der Waals surface area contributed by atoms with E-state index in [0.29, 0.717) is 23.5 Å². The molecule has 0 unspecified atom stereocenters. The summed E-state index contributed by atoms with van der Waals surface area (Å²) in [5.74, 6) is 3.27. The maximum atomic E-state index is 12.5. The first-order chi connectivity index (χ1) is 12.4.